The summed E-state index contributed by atoms with van der Waals surface area (Å²) in [6, 6.07) is -12.5. The lowest BCUT2D eigenvalue weighted by atomic mass is 9.91. The molecule has 0 aromatic heterocycles. The molecule has 0 aromatic carbocycles. The van der Waals surface area contributed by atoms with Crippen LogP contribution < -0.4 is 21.3 Å². The van der Waals surface area contributed by atoms with Gasteiger partial charge in [-0.2, -0.15) is 0 Å². The summed E-state index contributed by atoms with van der Waals surface area (Å²) in [7, 11) is 9.89. The zero-order chi connectivity index (χ0) is 68.3. The first-order valence-electron chi connectivity index (χ1n) is 31.4. The van der Waals surface area contributed by atoms with E-state index in [2.05, 4.69) is 21.3 Å². The SMILES string of the molecule is CC=CC[C@@H](C)[C@@H](OC(C)=O)[C@H]1C(=O)N[C@@H](CC)C(=O)N(C)CC(=O)N(C)[C@@H](CC(C)C)C(=O)N[C@@H](C(C)C)C(=O)N(C)[C@@H](CC(C)C)C(=O)N[C@@H](C)C(=O)N[C@H](C)C(=O)N(C)[C@H](CC(C)C)C(=O)N(C)[C@H](CC(C)C)C(=O)N(C)[C@@H](C(C)C)C(=O)N1C. The van der Waals surface area contributed by atoms with Gasteiger partial charge in [-0.1, -0.05) is 109 Å². The number of carbonyl (C=O) groups excluding carboxylic acids is 12. The van der Waals surface area contributed by atoms with Gasteiger partial charge in [0.2, 0.25) is 65.0 Å². The minimum absolute atomic E-state index is 0.00279. The van der Waals surface area contributed by atoms with Gasteiger partial charge < -0.3 is 60.3 Å². The molecule has 502 valence electrons. The van der Waals surface area contributed by atoms with Gasteiger partial charge in [0.1, 0.15) is 66.5 Å². The van der Waals surface area contributed by atoms with Crippen molar-refractivity contribution in [2.75, 3.05) is 55.9 Å². The highest BCUT2D eigenvalue weighted by Crippen LogP contribution is 2.27. The molecule has 24 nitrogen and oxygen atoms in total. The Morgan fingerprint density at radius 1 is 0.489 bits per heavy atom. The van der Waals surface area contributed by atoms with E-state index in [1.165, 1.54) is 94.6 Å². The van der Waals surface area contributed by atoms with Gasteiger partial charge in [0.25, 0.3) is 0 Å². The number of nitrogens with zero attached hydrogens (tertiary/aromatic N) is 7. The van der Waals surface area contributed by atoms with Crippen molar-refractivity contribution >= 4 is 70.9 Å². The molecule has 0 unspecified atom stereocenters. The summed E-state index contributed by atoms with van der Waals surface area (Å²) in [6.45, 7) is 30.4. The fraction of sp³-hybridized carbons (Fsp3) is 0.781. The lowest BCUT2D eigenvalue weighted by Crippen LogP contribution is -2.64. The normalized spacial score (nSPS) is 26.3. The van der Waals surface area contributed by atoms with Crippen molar-refractivity contribution in [3.8, 4) is 0 Å². The van der Waals surface area contributed by atoms with Crippen LogP contribution in [0.1, 0.15) is 163 Å². The third-order valence-corrected chi connectivity index (χ3v) is 16.3. The number of carbonyl (C=O) groups is 12. The first-order valence-corrected chi connectivity index (χ1v) is 31.4. The van der Waals surface area contributed by atoms with Crippen LogP contribution in [0.2, 0.25) is 0 Å². The highest BCUT2D eigenvalue weighted by molar-refractivity contribution is 5.99. The topological polar surface area (TPSA) is 285 Å². The van der Waals surface area contributed by atoms with Crippen LogP contribution in [0.4, 0.5) is 0 Å². The molecule has 88 heavy (non-hydrogen) atoms. The summed E-state index contributed by atoms with van der Waals surface area (Å²) in [5.74, 6) is -10.7. The summed E-state index contributed by atoms with van der Waals surface area (Å²) in [5.41, 5.74) is 0. The molecule has 1 rings (SSSR count). The quantitative estimate of drug-likeness (QED) is 0.126. The van der Waals surface area contributed by atoms with Gasteiger partial charge in [-0.05, 0) is 101 Å². The highest BCUT2D eigenvalue weighted by Gasteiger charge is 2.47. The van der Waals surface area contributed by atoms with Crippen LogP contribution in [0.3, 0.4) is 0 Å². The molecule has 4 N–H and O–H groups in total. The molecule has 1 saturated heterocycles. The summed E-state index contributed by atoms with van der Waals surface area (Å²) >= 11 is 0. The monoisotopic (exact) mass is 1240 g/mol. The van der Waals surface area contributed by atoms with E-state index >= 15 is 19.2 Å². The third-order valence-electron chi connectivity index (χ3n) is 16.3. The summed E-state index contributed by atoms with van der Waals surface area (Å²) < 4.78 is 5.93. The maximum atomic E-state index is 15.4. The summed E-state index contributed by atoms with van der Waals surface area (Å²) in [5, 5.41) is 11.0. The minimum Gasteiger partial charge on any atom is -0.459 e. The van der Waals surface area contributed by atoms with Gasteiger partial charge in [-0.3, -0.25) is 57.5 Å². The van der Waals surface area contributed by atoms with Crippen LogP contribution in [0, 0.1) is 41.4 Å². The van der Waals surface area contributed by atoms with Gasteiger partial charge in [0, 0.05) is 56.3 Å². The van der Waals surface area contributed by atoms with Crippen molar-refractivity contribution in [2.45, 2.75) is 230 Å². The lowest BCUT2D eigenvalue weighted by molar-refractivity contribution is -0.164. The van der Waals surface area contributed by atoms with E-state index in [1.54, 1.807) is 54.5 Å². The molecule has 12 atom stereocenters. The Labute approximate surface area is 526 Å². The molecule has 24 heteroatoms. The Bertz CT molecular complexity index is 2450. The first kappa shape index (κ1) is 79.4. The van der Waals surface area contributed by atoms with E-state index in [1.807, 2.05) is 61.5 Å². The van der Waals surface area contributed by atoms with Gasteiger partial charge in [0.15, 0.2) is 0 Å². The molecule has 1 fully saturated rings. The molecule has 0 spiro atoms. The van der Waals surface area contributed by atoms with Gasteiger partial charge >= 0.3 is 5.97 Å². The standard InChI is InChI=1S/C64H113N11O13/c1-26-28-29-41(15)54(88-44(18)76)53-58(81)67-45(27-2)60(83)69(19)34-50(77)70(20)46(30-35(3)4)57(80)68-51(39(11)12)63(86)71(21)47(31-36(5)6)56(79)65-42(16)55(78)66-43(17)59(82)72(22)48(32-37(7)8)61(84)73(23)49(33-38(9)10)62(85)74(24)52(40(13)14)64(87)75(53)25/h26,28,35-43,45-49,51-54H,27,29-34H2,1-25H3,(H,65,79)(H,66,78)(H,67,81)(H,68,80)/t41-,42+,43-,45+,46+,47+,48-,49-,51+,52+,53+,54-/m1/s1. The number of likely N-dealkylation sites (N-methyl/N-ethyl adjacent to an activating group) is 7. The maximum absolute atomic E-state index is 15.4. The van der Waals surface area contributed by atoms with Crippen LogP contribution in [-0.4, -0.2) is 228 Å². The molecule has 1 heterocycles. The predicted octanol–water partition coefficient (Wildman–Crippen LogP) is 3.84. The maximum Gasteiger partial charge on any atom is 0.303 e. The molecule has 0 bridgehead atoms. The second kappa shape index (κ2) is 36.1. The smallest absolute Gasteiger partial charge is 0.303 e. The Morgan fingerprint density at radius 2 is 0.909 bits per heavy atom. The predicted molar refractivity (Wildman–Crippen MR) is 338 cm³/mol. The Morgan fingerprint density at radius 3 is 1.35 bits per heavy atom. The van der Waals surface area contributed by atoms with Crippen LogP contribution in [0.15, 0.2) is 12.2 Å². The van der Waals surface area contributed by atoms with E-state index in [-0.39, 0.29) is 55.8 Å². The third kappa shape index (κ3) is 22.5. The average Bonchev–Trinajstić information content (AvgIpc) is 2.69. The van der Waals surface area contributed by atoms with E-state index in [9.17, 15) is 38.4 Å². The Balaban J connectivity index is 4.43. The first-order chi connectivity index (χ1) is 40.6. The number of amides is 11. The minimum atomic E-state index is -1.61. The van der Waals surface area contributed by atoms with Gasteiger partial charge in [0.05, 0.1) is 6.54 Å². The summed E-state index contributed by atoms with van der Waals surface area (Å²) in [6.07, 6.45) is 3.15. The van der Waals surface area contributed by atoms with Gasteiger partial charge in [-0.25, -0.2) is 0 Å². The Hall–Kier alpha value is -6.62. The van der Waals surface area contributed by atoms with E-state index in [0.717, 1.165) is 9.80 Å². The molecule has 0 saturated carbocycles. The zero-order valence-electron chi connectivity index (χ0n) is 57.9. The highest BCUT2D eigenvalue weighted by atomic mass is 16.5. The number of ether oxygens (including phenoxy) is 1. The molecular formula is C64H113N11O13. The van der Waals surface area contributed by atoms with E-state index in [0.29, 0.717) is 6.42 Å². The number of hydrogen-bond acceptors (Lipinski definition) is 13. The molecule has 1 aliphatic heterocycles. The number of allylic oxidation sites excluding steroid dienone is 2. The zero-order valence-corrected chi connectivity index (χ0v) is 57.9. The average molecular weight is 1240 g/mol. The van der Waals surface area contributed by atoms with Crippen LogP contribution >= 0.6 is 0 Å². The number of rotatable bonds is 16. The van der Waals surface area contributed by atoms with Crippen LogP contribution in [0.5, 0.6) is 0 Å². The molecule has 0 aliphatic carbocycles. The van der Waals surface area contributed by atoms with Crippen LogP contribution in [0.25, 0.3) is 0 Å². The van der Waals surface area contributed by atoms with Gasteiger partial charge in [-0.15, -0.1) is 0 Å². The number of hydrogen-bond donors (Lipinski definition) is 4. The van der Waals surface area contributed by atoms with E-state index < -0.39 is 162 Å². The molecule has 1 aliphatic rings. The number of esters is 1. The lowest BCUT2D eigenvalue weighted by Gasteiger charge is -2.42. The molecule has 11 amide bonds. The second-order valence-electron chi connectivity index (χ2n) is 26.7. The van der Waals surface area contributed by atoms with Crippen LogP contribution in [-0.2, 0) is 62.3 Å². The van der Waals surface area contributed by atoms with E-state index in [4.69, 9.17) is 4.74 Å². The summed E-state index contributed by atoms with van der Waals surface area (Å²) in [4.78, 5) is 183. The fourth-order valence-electron chi connectivity index (χ4n) is 11.0. The number of nitrogens with one attached hydrogen (secondary N) is 4. The molecule has 0 radical (unpaired) electrons. The largest absolute Gasteiger partial charge is 0.459 e. The Kier molecular flexibility index (Phi) is 32.6. The molecular weight excluding hydrogens is 1130 g/mol. The van der Waals surface area contributed by atoms with Crippen molar-refractivity contribution in [3.63, 3.8) is 0 Å². The molecule has 0 aromatic rings. The van der Waals surface area contributed by atoms with Crippen molar-refractivity contribution in [1.82, 2.24) is 55.6 Å². The van der Waals surface area contributed by atoms with Crippen molar-refractivity contribution in [3.05, 3.63) is 12.2 Å². The van der Waals surface area contributed by atoms with Crippen molar-refractivity contribution < 1.29 is 62.3 Å². The van der Waals surface area contributed by atoms with Crippen molar-refractivity contribution in [1.29, 1.82) is 0 Å². The fourth-order valence-corrected chi connectivity index (χ4v) is 11.0. The van der Waals surface area contributed by atoms with Crippen molar-refractivity contribution in [2.24, 2.45) is 41.4 Å². The second-order valence-corrected chi connectivity index (χ2v) is 26.7.